The van der Waals surface area contributed by atoms with Crippen molar-refractivity contribution in [2.75, 3.05) is 5.32 Å². The highest BCUT2D eigenvalue weighted by Crippen LogP contribution is 2.28. The molecule has 3 heteroatoms. The molecule has 1 amide bonds. The molecule has 0 aromatic heterocycles. The van der Waals surface area contributed by atoms with Crippen molar-refractivity contribution in [2.45, 2.75) is 72.1 Å². The van der Waals surface area contributed by atoms with Gasteiger partial charge in [-0.15, -0.1) is 0 Å². The molecule has 0 bridgehead atoms. The third-order valence-electron chi connectivity index (χ3n) is 3.70. The third kappa shape index (κ3) is 7.12. The van der Waals surface area contributed by atoms with E-state index in [9.17, 15) is 4.79 Å². The second kappa shape index (κ2) is 9.99. The Balaban J connectivity index is 2.28. The molecule has 0 heterocycles. The van der Waals surface area contributed by atoms with Gasteiger partial charge in [-0.2, -0.15) is 0 Å². The van der Waals surface area contributed by atoms with Crippen LogP contribution >= 0.6 is 15.9 Å². The van der Waals surface area contributed by atoms with E-state index in [1.165, 1.54) is 37.7 Å². The predicted molar refractivity (Wildman–Crippen MR) is 94.9 cm³/mol. The first-order chi connectivity index (χ1) is 10.0. The zero-order valence-corrected chi connectivity index (χ0v) is 15.2. The Bertz CT molecular complexity index is 434. The van der Waals surface area contributed by atoms with Gasteiger partial charge in [-0.05, 0) is 53.4 Å². The van der Waals surface area contributed by atoms with Gasteiger partial charge in [0.2, 0.25) is 5.91 Å². The summed E-state index contributed by atoms with van der Waals surface area (Å²) in [5, 5.41) is 3.03. The minimum Gasteiger partial charge on any atom is -0.325 e. The van der Waals surface area contributed by atoms with Crippen LogP contribution in [0.4, 0.5) is 5.69 Å². The second-order valence-corrected chi connectivity index (χ2v) is 6.71. The lowest BCUT2D eigenvalue weighted by atomic mass is 10.1. The number of unbranched alkanes of at least 4 members (excludes halogenated alkanes) is 6. The van der Waals surface area contributed by atoms with Crippen LogP contribution in [0.5, 0.6) is 0 Å². The highest BCUT2D eigenvalue weighted by molar-refractivity contribution is 9.10. The highest BCUT2D eigenvalue weighted by Gasteiger charge is 2.08. The van der Waals surface area contributed by atoms with Crippen LogP contribution in [0.15, 0.2) is 16.6 Å². The van der Waals surface area contributed by atoms with Crippen molar-refractivity contribution < 1.29 is 4.79 Å². The van der Waals surface area contributed by atoms with Gasteiger partial charge in [-0.25, -0.2) is 0 Å². The van der Waals surface area contributed by atoms with Crippen molar-refractivity contribution in [1.29, 1.82) is 0 Å². The molecule has 0 aliphatic heterocycles. The molecule has 21 heavy (non-hydrogen) atoms. The first-order valence-corrected chi connectivity index (χ1v) is 8.90. The van der Waals surface area contributed by atoms with E-state index in [2.05, 4.69) is 41.2 Å². The van der Waals surface area contributed by atoms with Gasteiger partial charge in [-0.3, -0.25) is 4.79 Å². The summed E-state index contributed by atoms with van der Waals surface area (Å²) in [7, 11) is 0. The van der Waals surface area contributed by atoms with Crippen LogP contribution in [-0.2, 0) is 4.79 Å². The van der Waals surface area contributed by atoms with Gasteiger partial charge >= 0.3 is 0 Å². The molecular weight excluding hydrogens is 326 g/mol. The molecule has 0 radical (unpaired) electrons. The molecule has 0 fully saturated rings. The second-order valence-electron chi connectivity index (χ2n) is 5.86. The van der Waals surface area contributed by atoms with Crippen molar-refractivity contribution in [1.82, 2.24) is 0 Å². The number of aryl methyl sites for hydroxylation is 2. The zero-order valence-electron chi connectivity index (χ0n) is 13.6. The smallest absolute Gasteiger partial charge is 0.224 e. The fraction of sp³-hybridized carbons (Fsp3) is 0.611. The van der Waals surface area contributed by atoms with E-state index in [4.69, 9.17) is 0 Å². The van der Waals surface area contributed by atoms with E-state index < -0.39 is 0 Å². The number of rotatable bonds is 9. The van der Waals surface area contributed by atoms with Gasteiger partial charge in [0.25, 0.3) is 0 Å². The molecule has 1 rings (SSSR count). The standard InChI is InChI=1S/C18H28BrNO/c1-4-5-6-7-8-9-10-11-17(21)20-18-15(3)12-14(2)13-16(18)19/h12-13H,4-11H2,1-3H3,(H,20,21). The SMILES string of the molecule is CCCCCCCCCC(=O)Nc1c(C)cc(C)cc1Br. The third-order valence-corrected chi connectivity index (χ3v) is 4.33. The molecular formula is C18H28BrNO. The van der Waals surface area contributed by atoms with Crippen molar-refractivity contribution in [3.05, 3.63) is 27.7 Å². The lowest BCUT2D eigenvalue weighted by molar-refractivity contribution is -0.116. The Morgan fingerprint density at radius 3 is 2.29 bits per heavy atom. The van der Waals surface area contributed by atoms with Gasteiger partial charge in [0.15, 0.2) is 0 Å². The molecule has 1 aromatic rings. The maximum absolute atomic E-state index is 12.0. The van der Waals surface area contributed by atoms with Crippen LogP contribution in [0.2, 0.25) is 0 Å². The van der Waals surface area contributed by atoms with E-state index in [1.807, 2.05) is 13.0 Å². The molecule has 0 atom stereocenters. The Hall–Kier alpha value is -0.830. The van der Waals surface area contributed by atoms with Gasteiger partial charge in [0, 0.05) is 10.9 Å². The number of hydrogen-bond acceptors (Lipinski definition) is 1. The summed E-state index contributed by atoms with van der Waals surface area (Å²) in [6.45, 7) is 6.32. The number of carbonyl (C=O) groups excluding carboxylic acids is 1. The van der Waals surface area contributed by atoms with Gasteiger partial charge in [0.1, 0.15) is 0 Å². The molecule has 0 spiro atoms. The number of carbonyl (C=O) groups is 1. The zero-order chi connectivity index (χ0) is 15.7. The molecule has 0 aliphatic carbocycles. The van der Waals surface area contributed by atoms with E-state index in [0.29, 0.717) is 6.42 Å². The molecule has 2 nitrogen and oxygen atoms in total. The number of nitrogens with one attached hydrogen (secondary N) is 1. The topological polar surface area (TPSA) is 29.1 Å². The number of hydrogen-bond donors (Lipinski definition) is 1. The maximum atomic E-state index is 12.0. The monoisotopic (exact) mass is 353 g/mol. The summed E-state index contributed by atoms with van der Waals surface area (Å²) in [6, 6.07) is 4.13. The number of benzene rings is 1. The summed E-state index contributed by atoms with van der Waals surface area (Å²) in [4.78, 5) is 12.0. The van der Waals surface area contributed by atoms with Crippen LogP contribution in [0, 0.1) is 13.8 Å². The molecule has 0 aliphatic rings. The molecule has 0 unspecified atom stereocenters. The first kappa shape index (κ1) is 18.2. The van der Waals surface area contributed by atoms with Crippen LogP contribution in [0.1, 0.15) is 69.4 Å². The van der Waals surface area contributed by atoms with Crippen LogP contribution in [-0.4, -0.2) is 5.91 Å². The average Bonchev–Trinajstić information content (AvgIpc) is 2.42. The first-order valence-electron chi connectivity index (χ1n) is 8.11. The Morgan fingerprint density at radius 2 is 1.67 bits per heavy atom. The fourth-order valence-corrected chi connectivity index (χ4v) is 3.29. The molecule has 1 aromatic carbocycles. The van der Waals surface area contributed by atoms with Crippen LogP contribution < -0.4 is 5.32 Å². The van der Waals surface area contributed by atoms with Crippen molar-refractivity contribution in [3.63, 3.8) is 0 Å². The highest BCUT2D eigenvalue weighted by atomic mass is 79.9. The molecule has 0 saturated heterocycles. The number of amides is 1. The summed E-state index contributed by atoms with van der Waals surface area (Å²) in [5.41, 5.74) is 3.22. The lowest BCUT2D eigenvalue weighted by Gasteiger charge is -2.11. The van der Waals surface area contributed by atoms with Crippen molar-refractivity contribution in [3.8, 4) is 0 Å². The fourth-order valence-electron chi connectivity index (χ4n) is 2.52. The normalized spacial score (nSPS) is 10.7. The summed E-state index contributed by atoms with van der Waals surface area (Å²) in [5.74, 6) is 0.121. The number of anilines is 1. The Kier molecular flexibility index (Phi) is 8.67. The van der Waals surface area contributed by atoms with Gasteiger partial charge in [-0.1, -0.05) is 51.5 Å². The summed E-state index contributed by atoms with van der Waals surface area (Å²) in [6.07, 6.45) is 9.27. The average molecular weight is 354 g/mol. The summed E-state index contributed by atoms with van der Waals surface area (Å²) >= 11 is 3.53. The van der Waals surface area contributed by atoms with Crippen LogP contribution in [0.25, 0.3) is 0 Å². The van der Waals surface area contributed by atoms with E-state index >= 15 is 0 Å². The van der Waals surface area contributed by atoms with Crippen molar-refractivity contribution in [2.24, 2.45) is 0 Å². The van der Waals surface area contributed by atoms with E-state index in [-0.39, 0.29) is 5.91 Å². The van der Waals surface area contributed by atoms with E-state index in [1.54, 1.807) is 0 Å². The minimum absolute atomic E-state index is 0.121. The molecule has 1 N–H and O–H groups in total. The van der Waals surface area contributed by atoms with Gasteiger partial charge < -0.3 is 5.32 Å². The maximum Gasteiger partial charge on any atom is 0.224 e. The molecule has 0 saturated carbocycles. The summed E-state index contributed by atoms with van der Waals surface area (Å²) < 4.78 is 0.966. The number of halogens is 1. The minimum atomic E-state index is 0.121. The Labute approximate surface area is 137 Å². The van der Waals surface area contributed by atoms with Crippen LogP contribution in [0.3, 0.4) is 0 Å². The quantitative estimate of drug-likeness (QED) is 0.530. The largest absolute Gasteiger partial charge is 0.325 e. The van der Waals surface area contributed by atoms with E-state index in [0.717, 1.165) is 28.6 Å². The predicted octanol–water partition coefficient (Wildman–Crippen LogP) is 6.15. The van der Waals surface area contributed by atoms with Crippen molar-refractivity contribution >= 4 is 27.5 Å². The van der Waals surface area contributed by atoms with Gasteiger partial charge in [0.05, 0.1) is 5.69 Å². The Morgan fingerprint density at radius 1 is 1.05 bits per heavy atom. The molecule has 118 valence electrons. The lowest BCUT2D eigenvalue weighted by Crippen LogP contribution is -2.12.